The largest absolute Gasteiger partial charge is 0.456 e. The lowest BCUT2D eigenvalue weighted by molar-refractivity contribution is 0.668. The summed E-state index contributed by atoms with van der Waals surface area (Å²) in [6, 6.07) is 81.0. The van der Waals surface area contributed by atoms with Crippen LogP contribution in [0.5, 0.6) is 0 Å². The van der Waals surface area contributed by atoms with Crippen LogP contribution in [0.3, 0.4) is 0 Å². The lowest BCUT2D eigenvalue weighted by Crippen LogP contribution is -1.91. The van der Waals surface area contributed by atoms with Crippen molar-refractivity contribution < 1.29 is 8.83 Å². The highest BCUT2D eigenvalue weighted by molar-refractivity contribution is 6.13. The van der Waals surface area contributed by atoms with Crippen LogP contribution in [0.25, 0.3) is 133 Å². The summed E-state index contributed by atoms with van der Waals surface area (Å²) in [5.41, 5.74) is 21.0. The highest BCUT2D eigenvalue weighted by atomic mass is 16.3. The second-order valence-electron chi connectivity index (χ2n) is 17.3. The Bertz CT molecular complexity index is 3770. The number of para-hydroxylation sites is 2. The molecule has 0 saturated heterocycles. The fourth-order valence-corrected chi connectivity index (χ4v) is 10.00. The van der Waals surface area contributed by atoms with Crippen LogP contribution in [0.1, 0.15) is 0 Å². The van der Waals surface area contributed by atoms with E-state index >= 15 is 0 Å². The molecule has 0 atom stereocenters. The second kappa shape index (κ2) is 16.4. The number of pyridine rings is 2. The molecule has 13 rings (SSSR count). The molecule has 4 aromatic heterocycles. The molecule has 0 spiro atoms. The van der Waals surface area contributed by atoms with Crippen molar-refractivity contribution in [3.05, 3.63) is 243 Å². The van der Waals surface area contributed by atoms with Crippen LogP contribution in [0.15, 0.2) is 252 Å². The number of fused-ring (bicyclic) bond motifs is 6. The molecule has 0 radical (unpaired) electrons. The lowest BCUT2D eigenvalue weighted by Gasteiger charge is -2.14. The van der Waals surface area contributed by atoms with Gasteiger partial charge < -0.3 is 8.83 Å². The molecule has 9 aromatic carbocycles. The summed E-state index contributed by atoms with van der Waals surface area (Å²) in [4.78, 5) is 10.1. The van der Waals surface area contributed by atoms with Gasteiger partial charge in [-0.1, -0.05) is 176 Å². The van der Waals surface area contributed by atoms with Gasteiger partial charge in [-0.25, -0.2) is 0 Å². The molecule has 318 valence electrons. The fourth-order valence-electron chi connectivity index (χ4n) is 10.00. The minimum atomic E-state index is 0.890. The number of hydrogen-bond donors (Lipinski definition) is 0. The molecular weight excluding hydrogens is 829 g/mol. The van der Waals surface area contributed by atoms with E-state index in [0.29, 0.717) is 0 Å². The maximum atomic E-state index is 6.21. The number of nitrogens with zero attached hydrogens (tertiary/aromatic N) is 2. The van der Waals surface area contributed by atoms with E-state index in [1.54, 1.807) is 0 Å². The van der Waals surface area contributed by atoms with E-state index in [4.69, 9.17) is 18.8 Å². The van der Waals surface area contributed by atoms with Crippen molar-refractivity contribution in [1.29, 1.82) is 0 Å². The van der Waals surface area contributed by atoms with Crippen LogP contribution in [-0.2, 0) is 0 Å². The molecule has 68 heavy (non-hydrogen) atoms. The molecule has 0 bridgehead atoms. The normalized spacial score (nSPS) is 11.5. The molecule has 4 heterocycles. The molecule has 0 aliphatic heterocycles. The Morgan fingerprint density at radius 3 is 0.985 bits per heavy atom. The molecule has 0 aliphatic carbocycles. The van der Waals surface area contributed by atoms with Crippen LogP contribution in [-0.4, -0.2) is 9.97 Å². The van der Waals surface area contributed by atoms with Gasteiger partial charge in [0.05, 0.1) is 11.4 Å². The SMILES string of the molecule is c1cc(-c2ccccc2-c2ccc(-c3cccc(-c4cccc5oc6ccccc6c45)c3)nc2)cc(-c2ccccc2-c2ccc(-c3cccc(-c4cccc5oc6ccccc6c45)c3)nc2)c1. The van der Waals surface area contributed by atoms with Gasteiger partial charge in [0.25, 0.3) is 0 Å². The quantitative estimate of drug-likeness (QED) is 0.153. The summed E-state index contributed by atoms with van der Waals surface area (Å²) in [5.74, 6) is 0. The van der Waals surface area contributed by atoms with Gasteiger partial charge in [0.15, 0.2) is 0 Å². The van der Waals surface area contributed by atoms with Crippen molar-refractivity contribution in [1.82, 2.24) is 9.97 Å². The van der Waals surface area contributed by atoms with Crippen molar-refractivity contribution in [2.24, 2.45) is 0 Å². The van der Waals surface area contributed by atoms with Crippen molar-refractivity contribution >= 4 is 43.9 Å². The number of furan rings is 2. The first-order valence-electron chi connectivity index (χ1n) is 22.9. The molecule has 4 nitrogen and oxygen atoms in total. The van der Waals surface area contributed by atoms with Crippen LogP contribution in [0, 0.1) is 0 Å². The van der Waals surface area contributed by atoms with E-state index in [9.17, 15) is 0 Å². The number of hydrogen-bond acceptors (Lipinski definition) is 4. The maximum absolute atomic E-state index is 6.21. The van der Waals surface area contributed by atoms with Gasteiger partial charge in [-0.3, -0.25) is 9.97 Å². The average Bonchev–Trinajstić information content (AvgIpc) is 4.00. The molecule has 0 fully saturated rings. The smallest absolute Gasteiger partial charge is 0.136 e. The fraction of sp³-hybridized carbons (Fsp3) is 0. The Hall–Kier alpha value is -9.12. The highest BCUT2D eigenvalue weighted by Crippen LogP contribution is 2.41. The Morgan fingerprint density at radius 2 is 0.559 bits per heavy atom. The van der Waals surface area contributed by atoms with E-state index < -0.39 is 0 Å². The Balaban J connectivity index is 0.784. The molecular formula is C64H40N2O2. The van der Waals surface area contributed by atoms with E-state index in [0.717, 1.165) is 133 Å². The van der Waals surface area contributed by atoms with Gasteiger partial charge in [0.2, 0.25) is 0 Å². The van der Waals surface area contributed by atoms with Crippen molar-refractivity contribution in [3.63, 3.8) is 0 Å². The first-order valence-corrected chi connectivity index (χ1v) is 22.9. The average molecular weight is 869 g/mol. The predicted octanol–water partition coefficient (Wildman–Crippen LogP) is 17.6. The first kappa shape index (κ1) is 39.3. The van der Waals surface area contributed by atoms with E-state index in [-0.39, 0.29) is 0 Å². The van der Waals surface area contributed by atoms with Crippen LogP contribution in [0.4, 0.5) is 0 Å². The maximum Gasteiger partial charge on any atom is 0.136 e. The van der Waals surface area contributed by atoms with Gasteiger partial charge in [-0.05, 0) is 110 Å². The highest BCUT2D eigenvalue weighted by Gasteiger charge is 2.17. The van der Waals surface area contributed by atoms with E-state index in [2.05, 4.69) is 194 Å². The topological polar surface area (TPSA) is 52.1 Å². The molecule has 0 unspecified atom stereocenters. The monoisotopic (exact) mass is 868 g/mol. The summed E-state index contributed by atoms with van der Waals surface area (Å²) in [6.07, 6.45) is 4.00. The molecule has 0 amide bonds. The van der Waals surface area contributed by atoms with Gasteiger partial charge >= 0.3 is 0 Å². The Morgan fingerprint density at radius 1 is 0.235 bits per heavy atom. The first-order chi connectivity index (χ1) is 33.7. The summed E-state index contributed by atoms with van der Waals surface area (Å²) >= 11 is 0. The summed E-state index contributed by atoms with van der Waals surface area (Å²) in [5, 5.41) is 4.50. The lowest BCUT2D eigenvalue weighted by atomic mass is 9.90. The van der Waals surface area contributed by atoms with E-state index in [1.165, 1.54) is 0 Å². The Kier molecular flexibility index (Phi) is 9.47. The Labute approximate surface area is 393 Å². The molecule has 0 N–H and O–H groups in total. The van der Waals surface area contributed by atoms with Crippen LogP contribution in [0.2, 0.25) is 0 Å². The molecule has 0 aliphatic rings. The molecule has 0 saturated carbocycles. The zero-order valence-electron chi connectivity index (χ0n) is 36.8. The minimum Gasteiger partial charge on any atom is -0.456 e. The zero-order valence-corrected chi connectivity index (χ0v) is 36.8. The standard InChI is InChI=1S/C64H40N2O2/c1-3-22-51(47-32-34-57(65-39-47)45-18-10-16-43(37-45)53-26-12-30-61-63(53)55-24-5-7-28-59(55)67-61)49(20-1)41-14-9-15-42(36-41)50-21-2-4-23-52(50)48-33-35-58(66-40-48)46-19-11-17-44(38-46)54-27-13-31-62-64(54)56-25-6-8-29-60(56)68-62/h1-40H. The van der Waals surface area contributed by atoms with Gasteiger partial charge in [-0.15, -0.1) is 0 Å². The van der Waals surface area contributed by atoms with Gasteiger partial charge in [0.1, 0.15) is 22.3 Å². The third-order valence-electron chi connectivity index (χ3n) is 13.2. The minimum absolute atomic E-state index is 0.890. The zero-order chi connectivity index (χ0) is 45.0. The number of benzene rings is 9. The van der Waals surface area contributed by atoms with Gasteiger partial charge in [-0.2, -0.15) is 0 Å². The van der Waals surface area contributed by atoms with Crippen molar-refractivity contribution in [2.45, 2.75) is 0 Å². The molecule has 4 heteroatoms. The summed E-state index contributed by atoms with van der Waals surface area (Å²) < 4.78 is 12.4. The second-order valence-corrected chi connectivity index (χ2v) is 17.3. The summed E-state index contributed by atoms with van der Waals surface area (Å²) in [7, 11) is 0. The van der Waals surface area contributed by atoms with Crippen molar-refractivity contribution in [3.8, 4) is 89.3 Å². The third-order valence-corrected chi connectivity index (χ3v) is 13.2. The third kappa shape index (κ3) is 6.86. The summed E-state index contributed by atoms with van der Waals surface area (Å²) in [6.45, 7) is 0. The number of rotatable bonds is 8. The predicted molar refractivity (Wildman–Crippen MR) is 280 cm³/mol. The van der Waals surface area contributed by atoms with Gasteiger partial charge in [0, 0.05) is 56.2 Å². The van der Waals surface area contributed by atoms with Crippen molar-refractivity contribution in [2.75, 3.05) is 0 Å². The van der Waals surface area contributed by atoms with Crippen LogP contribution >= 0.6 is 0 Å². The molecule has 13 aromatic rings. The van der Waals surface area contributed by atoms with Crippen LogP contribution < -0.4 is 0 Å². The number of aromatic nitrogens is 2. The van der Waals surface area contributed by atoms with E-state index in [1.807, 2.05) is 48.8 Å².